The monoisotopic (exact) mass is 206 g/mol. The Morgan fingerprint density at radius 1 is 1.40 bits per heavy atom. The fourth-order valence-electron chi connectivity index (χ4n) is 1.30. The molecule has 0 radical (unpaired) electrons. The highest BCUT2D eigenvalue weighted by Crippen LogP contribution is 2.20. The maximum Gasteiger partial charge on any atom is 0.263 e. The summed E-state index contributed by atoms with van der Waals surface area (Å²) < 4.78 is 10.7. The number of hydrogen-bond acceptors (Lipinski definition) is 4. The van der Waals surface area contributed by atoms with Crippen molar-refractivity contribution in [2.75, 3.05) is 6.54 Å². The molecule has 0 amide bonds. The fourth-order valence-corrected chi connectivity index (χ4v) is 1.30. The second-order valence-electron chi connectivity index (χ2n) is 3.33. The first-order valence-corrected chi connectivity index (χ1v) is 5.01. The van der Waals surface area contributed by atoms with Gasteiger partial charge >= 0.3 is 0 Å². The van der Waals surface area contributed by atoms with Crippen LogP contribution in [0.15, 0.2) is 27.2 Å². The first-order valence-electron chi connectivity index (χ1n) is 5.01. The van der Waals surface area contributed by atoms with Crippen molar-refractivity contribution in [3.05, 3.63) is 29.9 Å². The molecule has 4 nitrogen and oxygen atoms in total. The molecule has 0 aliphatic rings. The van der Waals surface area contributed by atoms with Gasteiger partial charge in [-0.15, -0.1) is 0 Å². The van der Waals surface area contributed by atoms with E-state index in [9.17, 15) is 0 Å². The third-order valence-corrected chi connectivity index (χ3v) is 2.06. The smallest absolute Gasteiger partial charge is 0.263 e. The number of oxazole rings is 1. The van der Waals surface area contributed by atoms with E-state index in [4.69, 9.17) is 8.83 Å². The average molecular weight is 206 g/mol. The number of aromatic nitrogens is 1. The van der Waals surface area contributed by atoms with Crippen LogP contribution in [0.3, 0.4) is 0 Å². The van der Waals surface area contributed by atoms with E-state index in [0.29, 0.717) is 11.7 Å². The summed E-state index contributed by atoms with van der Waals surface area (Å²) >= 11 is 0. The Hall–Kier alpha value is -1.55. The maximum absolute atomic E-state index is 5.41. The Morgan fingerprint density at radius 2 is 2.27 bits per heavy atom. The van der Waals surface area contributed by atoms with Crippen molar-refractivity contribution < 1.29 is 8.83 Å². The van der Waals surface area contributed by atoms with E-state index >= 15 is 0 Å². The lowest BCUT2D eigenvalue weighted by Crippen LogP contribution is -2.11. The largest absolute Gasteiger partial charge is 0.456 e. The Morgan fingerprint density at radius 3 is 2.93 bits per heavy atom. The van der Waals surface area contributed by atoms with Crippen molar-refractivity contribution in [1.29, 1.82) is 0 Å². The van der Waals surface area contributed by atoms with Gasteiger partial charge in [-0.05, 0) is 25.6 Å². The number of nitrogens with one attached hydrogen (secondary N) is 1. The normalized spacial score (nSPS) is 10.8. The van der Waals surface area contributed by atoms with Gasteiger partial charge in [-0.3, -0.25) is 0 Å². The number of hydrogen-bond donors (Lipinski definition) is 1. The van der Waals surface area contributed by atoms with Gasteiger partial charge in [0.15, 0.2) is 5.76 Å². The summed E-state index contributed by atoms with van der Waals surface area (Å²) in [7, 11) is 0. The van der Waals surface area contributed by atoms with Crippen LogP contribution < -0.4 is 5.32 Å². The van der Waals surface area contributed by atoms with Crippen LogP contribution in [0.25, 0.3) is 11.7 Å². The van der Waals surface area contributed by atoms with E-state index in [1.54, 1.807) is 6.26 Å². The number of aryl methyl sites for hydroxylation is 1. The molecule has 2 aromatic heterocycles. The lowest BCUT2D eigenvalue weighted by atomic mass is 10.4. The second kappa shape index (κ2) is 4.31. The molecule has 0 saturated heterocycles. The van der Waals surface area contributed by atoms with Gasteiger partial charge in [0.05, 0.1) is 5.69 Å². The zero-order valence-corrected chi connectivity index (χ0v) is 8.91. The molecule has 0 atom stereocenters. The number of nitrogens with zero attached hydrogens (tertiary/aromatic N) is 1. The number of rotatable bonds is 4. The third-order valence-electron chi connectivity index (χ3n) is 2.06. The summed E-state index contributed by atoms with van der Waals surface area (Å²) in [5.41, 5.74) is 0.890. The molecule has 0 aromatic carbocycles. The first kappa shape index (κ1) is 9.98. The molecule has 0 bridgehead atoms. The highest BCUT2D eigenvalue weighted by atomic mass is 16.4. The Labute approximate surface area is 88.3 Å². The zero-order valence-electron chi connectivity index (χ0n) is 8.91. The van der Waals surface area contributed by atoms with Crippen molar-refractivity contribution in [3.63, 3.8) is 0 Å². The van der Waals surface area contributed by atoms with Crippen LogP contribution in [0.5, 0.6) is 0 Å². The van der Waals surface area contributed by atoms with Gasteiger partial charge in [-0.25, -0.2) is 4.98 Å². The van der Waals surface area contributed by atoms with Crippen LogP contribution in [0, 0.1) is 6.92 Å². The minimum Gasteiger partial charge on any atom is -0.456 e. The molecule has 4 heteroatoms. The predicted octanol–water partition coefficient (Wildman–Crippen LogP) is 2.35. The molecule has 80 valence electrons. The van der Waals surface area contributed by atoms with Crippen LogP contribution >= 0.6 is 0 Å². The minimum absolute atomic E-state index is 0.538. The van der Waals surface area contributed by atoms with Crippen LogP contribution in [0.4, 0.5) is 0 Å². The Kier molecular flexibility index (Phi) is 2.87. The highest BCUT2D eigenvalue weighted by Gasteiger charge is 2.09. The molecule has 0 fully saturated rings. The first-order chi connectivity index (χ1) is 7.29. The molecular formula is C11H14N2O2. The van der Waals surface area contributed by atoms with E-state index < -0.39 is 0 Å². The standard InChI is InChI=1S/C11H14N2O2/c1-3-12-6-9-7-14-11(13-9)10-5-4-8(2)15-10/h4-5,7,12H,3,6H2,1-2H3. The Balaban J connectivity index is 2.13. The predicted molar refractivity (Wildman–Crippen MR) is 56.3 cm³/mol. The Bertz CT molecular complexity index is 431. The van der Waals surface area contributed by atoms with Gasteiger partial charge in [0.25, 0.3) is 5.89 Å². The minimum atomic E-state index is 0.538. The van der Waals surface area contributed by atoms with Crippen molar-refractivity contribution in [2.45, 2.75) is 20.4 Å². The van der Waals surface area contributed by atoms with E-state index in [0.717, 1.165) is 24.5 Å². The maximum atomic E-state index is 5.41. The topological polar surface area (TPSA) is 51.2 Å². The van der Waals surface area contributed by atoms with Gasteiger partial charge in [-0.1, -0.05) is 6.92 Å². The molecule has 2 heterocycles. The van der Waals surface area contributed by atoms with E-state index in [1.165, 1.54) is 0 Å². The summed E-state index contributed by atoms with van der Waals surface area (Å²) in [6, 6.07) is 3.75. The van der Waals surface area contributed by atoms with Crippen LogP contribution in [0.1, 0.15) is 18.4 Å². The van der Waals surface area contributed by atoms with Crippen LogP contribution in [-0.2, 0) is 6.54 Å². The molecule has 0 spiro atoms. The average Bonchev–Trinajstić information content (AvgIpc) is 2.83. The lowest BCUT2D eigenvalue weighted by molar-refractivity contribution is 0.501. The van der Waals surface area contributed by atoms with Gasteiger partial charge in [0.2, 0.25) is 0 Å². The van der Waals surface area contributed by atoms with E-state index in [-0.39, 0.29) is 0 Å². The summed E-state index contributed by atoms with van der Waals surface area (Å²) in [4.78, 5) is 4.31. The van der Waals surface area contributed by atoms with Crippen molar-refractivity contribution in [1.82, 2.24) is 10.3 Å². The highest BCUT2D eigenvalue weighted by molar-refractivity contribution is 5.44. The van der Waals surface area contributed by atoms with Crippen molar-refractivity contribution >= 4 is 0 Å². The molecule has 2 rings (SSSR count). The third kappa shape index (κ3) is 2.27. The molecule has 2 aromatic rings. The fraction of sp³-hybridized carbons (Fsp3) is 0.364. The van der Waals surface area contributed by atoms with E-state index in [1.807, 2.05) is 19.1 Å². The summed E-state index contributed by atoms with van der Waals surface area (Å²) in [6.45, 7) is 5.59. The SMILES string of the molecule is CCNCc1coc(-c2ccc(C)o2)n1. The van der Waals surface area contributed by atoms with Gasteiger partial charge < -0.3 is 14.2 Å². The van der Waals surface area contributed by atoms with E-state index in [2.05, 4.69) is 17.2 Å². The molecule has 0 unspecified atom stereocenters. The lowest BCUT2D eigenvalue weighted by Gasteiger charge is -1.93. The van der Waals surface area contributed by atoms with Crippen LogP contribution in [0.2, 0.25) is 0 Å². The van der Waals surface area contributed by atoms with Gasteiger partial charge in [0, 0.05) is 6.54 Å². The van der Waals surface area contributed by atoms with Crippen molar-refractivity contribution in [3.8, 4) is 11.7 Å². The molecular weight excluding hydrogens is 192 g/mol. The molecule has 0 saturated carbocycles. The van der Waals surface area contributed by atoms with Gasteiger partial charge in [0.1, 0.15) is 12.0 Å². The molecule has 15 heavy (non-hydrogen) atoms. The molecule has 0 aliphatic heterocycles. The van der Waals surface area contributed by atoms with Crippen LogP contribution in [-0.4, -0.2) is 11.5 Å². The number of furan rings is 1. The summed E-state index contributed by atoms with van der Waals surface area (Å²) in [5, 5.41) is 3.18. The van der Waals surface area contributed by atoms with Gasteiger partial charge in [-0.2, -0.15) is 0 Å². The zero-order chi connectivity index (χ0) is 10.7. The summed E-state index contributed by atoms with van der Waals surface area (Å²) in [5.74, 6) is 2.07. The van der Waals surface area contributed by atoms with Crippen molar-refractivity contribution in [2.24, 2.45) is 0 Å². The molecule has 0 aliphatic carbocycles. The second-order valence-corrected chi connectivity index (χ2v) is 3.33. The quantitative estimate of drug-likeness (QED) is 0.834. The molecule has 1 N–H and O–H groups in total. The summed E-state index contributed by atoms with van der Waals surface area (Å²) in [6.07, 6.45) is 1.65.